The molecule has 1 amide bonds. The number of imidazole rings is 1. The van der Waals surface area contributed by atoms with Gasteiger partial charge in [0.2, 0.25) is 5.91 Å². The van der Waals surface area contributed by atoms with Gasteiger partial charge < -0.3 is 9.88 Å². The van der Waals surface area contributed by atoms with Crippen molar-refractivity contribution in [3.05, 3.63) is 18.2 Å². The van der Waals surface area contributed by atoms with Crippen molar-refractivity contribution >= 4 is 15.7 Å². The maximum Gasteiger partial charge on any atom is 0.220 e. The molecule has 0 aromatic carbocycles. The summed E-state index contributed by atoms with van der Waals surface area (Å²) in [4.78, 5) is 15.8. The molecule has 2 heterocycles. The van der Waals surface area contributed by atoms with Crippen LogP contribution in [0.4, 0.5) is 0 Å². The van der Waals surface area contributed by atoms with E-state index in [-0.39, 0.29) is 29.8 Å². The molecule has 0 radical (unpaired) electrons. The molecule has 1 atom stereocenters. The van der Waals surface area contributed by atoms with Crippen LogP contribution in [0.5, 0.6) is 0 Å². The van der Waals surface area contributed by atoms with Crippen LogP contribution in [0.1, 0.15) is 18.7 Å². The number of hydrogen-bond donors (Lipinski definition) is 1. The van der Waals surface area contributed by atoms with Crippen molar-refractivity contribution in [1.29, 1.82) is 0 Å². The van der Waals surface area contributed by atoms with Gasteiger partial charge in [0.05, 0.1) is 18.1 Å². The van der Waals surface area contributed by atoms with Gasteiger partial charge in [0.25, 0.3) is 0 Å². The second-order valence-corrected chi connectivity index (χ2v) is 6.93. The van der Waals surface area contributed by atoms with E-state index in [0.717, 1.165) is 5.82 Å². The fourth-order valence-electron chi connectivity index (χ4n) is 2.11. The number of aryl methyl sites for hydroxylation is 1. The van der Waals surface area contributed by atoms with Gasteiger partial charge >= 0.3 is 0 Å². The van der Waals surface area contributed by atoms with E-state index in [9.17, 15) is 13.2 Å². The molecule has 7 heteroatoms. The van der Waals surface area contributed by atoms with Gasteiger partial charge in [-0.05, 0) is 12.3 Å². The van der Waals surface area contributed by atoms with E-state index in [4.69, 9.17) is 0 Å². The number of carbonyl (C=O) groups excluding carboxylic acids is 1. The van der Waals surface area contributed by atoms with Crippen LogP contribution in [0.3, 0.4) is 0 Å². The second kappa shape index (κ2) is 5.09. The van der Waals surface area contributed by atoms with Crippen molar-refractivity contribution < 1.29 is 13.2 Å². The fraction of sp³-hybridized carbons (Fsp3) is 0.636. The molecule has 0 saturated carbocycles. The van der Waals surface area contributed by atoms with Crippen molar-refractivity contribution in [3.8, 4) is 0 Å². The van der Waals surface area contributed by atoms with Gasteiger partial charge in [-0.25, -0.2) is 13.4 Å². The average Bonchev–Trinajstić information content (AvgIpc) is 2.82. The van der Waals surface area contributed by atoms with E-state index in [1.807, 2.05) is 17.8 Å². The topological polar surface area (TPSA) is 81.1 Å². The minimum atomic E-state index is -2.90. The van der Waals surface area contributed by atoms with Gasteiger partial charge in [-0.1, -0.05) is 0 Å². The summed E-state index contributed by atoms with van der Waals surface area (Å²) in [5.74, 6) is 0.992. The standard InChI is InChI=1S/C11H17N3O3S/c1-14-4-3-12-10(14)7-13-11(15)6-9-2-5-18(16,17)8-9/h3-4,9H,2,5-8H2,1H3,(H,13,15). The number of hydrogen-bond acceptors (Lipinski definition) is 4. The summed E-state index contributed by atoms with van der Waals surface area (Å²) < 4.78 is 24.4. The molecule has 1 aromatic heterocycles. The summed E-state index contributed by atoms with van der Waals surface area (Å²) in [6.07, 6.45) is 4.36. The summed E-state index contributed by atoms with van der Waals surface area (Å²) in [5.41, 5.74) is 0. The average molecular weight is 271 g/mol. The van der Waals surface area contributed by atoms with Crippen LogP contribution < -0.4 is 5.32 Å². The number of nitrogens with zero attached hydrogens (tertiary/aromatic N) is 2. The predicted molar refractivity (Wildman–Crippen MR) is 66.4 cm³/mol. The Morgan fingerprint density at radius 3 is 2.94 bits per heavy atom. The van der Waals surface area contributed by atoms with Gasteiger partial charge in [-0.2, -0.15) is 0 Å². The second-order valence-electron chi connectivity index (χ2n) is 4.70. The minimum absolute atomic E-state index is 0.0311. The quantitative estimate of drug-likeness (QED) is 0.826. The summed E-state index contributed by atoms with van der Waals surface area (Å²) in [7, 11) is -1.04. The molecule has 1 N–H and O–H groups in total. The van der Waals surface area contributed by atoms with E-state index in [1.54, 1.807) is 6.20 Å². The Hall–Kier alpha value is -1.37. The Kier molecular flexibility index (Phi) is 3.70. The molecule has 6 nitrogen and oxygen atoms in total. The van der Waals surface area contributed by atoms with Crippen LogP contribution in [-0.2, 0) is 28.2 Å². The Labute approximate surface area is 106 Å². The molecular formula is C11H17N3O3S. The summed E-state index contributed by atoms with van der Waals surface area (Å²) in [5, 5.41) is 2.76. The van der Waals surface area contributed by atoms with Gasteiger partial charge in [0.1, 0.15) is 5.82 Å². The first-order valence-electron chi connectivity index (χ1n) is 5.89. The molecule has 0 bridgehead atoms. The smallest absolute Gasteiger partial charge is 0.220 e. The van der Waals surface area contributed by atoms with E-state index >= 15 is 0 Å². The molecule has 2 rings (SSSR count). The first-order valence-corrected chi connectivity index (χ1v) is 7.72. The highest BCUT2D eigenvalue weighted by Crippen LogP contribution is 2.21. The first kappa shape index (κ1) is 13.1. The molecule has 100 valence electrons. The molecule has 0 spiro atoms. The lowest BCUT2D eigenvalue weighted by molar-refractivity contribution is -0.122. The van der Waals surface area contributed by atoms with Crippen LogP contribution >= 0.6 is 0 Å². The lowest BCUT2D eigenvalue weighted by atomic mass is 10.1. The maximum absolute atomic E-state index is 11.7. The summed E-state index contributed by atoms with van der Waals surface area (Å²) >= 11 is 0. The Balaban J connectivity index is 1.78. The van der Waals surface area contributed by atoms with Crippen molar-refractivity contribution in [2.45, 2.75) is 19.4 Å². The molecule has 1 aromatic rings. The third-order valence-corrected chi connectivity index (χ3v) is 5.00. The number of rotatable bonds is 4. The van der Waals surface area contributed by atoms with Crippen LogP contribution in [0, 0.1) is 5.92 Å². The number of aromatic nitrogens is 2. The highest BCUT2D eigenvalue weighted by Gasteiger charge is 2.29. The largest absolute Gasteiger partial charge is 0.349 e. The molecule has 1 saturated heterocycles. The Morgan fingerprint density at radius 1 is 1.61 bits per heavy atom. The summed E-state index contributed by atoms with van der Waals surface area (Å²) in [6.45, 7) is 0.377. The third kappa shape index (κ3) is 3.32. The molecule has 1 fully saturated rings. The van der Waals surface area contributed by atoms with Crippen LogP contribution in [0.25, 0.3) is 0 Å². The minimum Gasteiger partial charge on any atom is -0.349 e. The van der Waals surface area contributed by atoms with E-state index in [0.29, 0.717) is 13.0 Å². The van der Waals surface area contributed by atoms with E-state index < -0.39 is 9.84 Å². The molecule has 1 aliphatic rings. The molecule has 1 aliphatic heterocycles. The van der Waals surface area contributed by atoms with E-state index in [2.05, 4.69) is 10.3 Å². The number of carbonyl (C=O) groups is 1. The summed E-state index contributed by atoms with van der Waals surface area (Å²) in [6, 6.07) is 0. The van der Waals surface area contributed by atoms with Crippen molar-refractivity contribution in [2.75, 3.05) is 11.5 Å². The Bertz CT molecular complexity index is 535. The lowest BCUT2D eigenvalue weighted by Gasteiger charge is -2.08. The zero-order valence-electron chi connectivity index (χ0n) is 10.3. The van der Waals surface area contributed by atoms with Gasteiger partial charge in [0, 0.05) is 25.9 Å². The molecule has 18 heavy (non-hydrogen) atoms. The molecule has 0 aliphatic carbocycles. The van der Waals surface area contributed by atoms with Gasteiger partial charge in [-0.3, -0.25) is 4.79 Å². The van der Waals surface area contributed by atoms with Gasteiger partial charge in [0.15, 0.2) is 9.84 Å². The lowest BCUT2D eigenvalue weighted by Crippen LogP contribution is -2.26. The predicted octanol–water partition coefficient (Wildman–Crippen LogP) is -0.139. The van der Waals surface area contributed by atoms with Crippen molar-refractivity contribution in [3.63, 3.8) is 0 Å². The Morgan fingerprint density at radius 2 is 2.39 bits per heavy atom. The van der Waals surface area contributed by atoms with Crippen LogP contribution in [0.15, 0.2) is 12.4 Å². The van der Waals surface area contributed by atoms with Crippen molar-refractivity contribution in [2.24, 2.45) is 13.0 Å². The van der Waals surface area contributed by atoms with Crippen molar-refractivity contribution in [1.82, 2.24) is 14.9 Å². The highest BCUT2D eigenvalue weighted by molar-refractivity contribution is 7.91. The highest BCUT2D eigenvalue weighted by atomic mass is 32.2. The van der Waals surface area contributed by atoms with Crippen LogP contribution in [0.2, 0.25) is 0 Å². The molecule has 1 unspecified atom stereocenters. The SMILES string of the molecule is Cn1ccnc1CNC(=O)CC1CCS(=O)(=O)C1. The molecular weight excluding hydrogens is 254 g/mol. The van der Waals surface area contributed by atoms with Gasteiger partial charge in [-0.15, -0.1) is 0 Å². The monoisotopic (exact) mass is 271 g/mol. The zero-order chi connectivity index (χ0) is 13.2. The number of amides is 1. The van der Waals surface area contributed by atoms with E-state index in [1.165, 1.54) is 0 Å². The third-order valence-electron chi connectivity index (χ3n) is 3.17. The maximum atomic E-state index is 11.7. The zero-order valence-corrected chi connectivity index (χ0v) is 11.1. The normalized spacial score (nSPS) is 21.9. The number of sulfone groups is 1. The fourth-order valence-corrected chi connectivity index (χ4v) is 3.97. The van der Waals surface area contributed by atoms with Crippen LogP contribution in [-0.4, -0.2) is 35.4 Å². The first-order chi connectivity index (χ1) is 8.46. The number of nitrogens with one attached hydrogen (secondary N) is 1.